The summed E-state index contributed by atoms with van der Waals surface area (Å²) >= 11 is 0. The molecule has 0 saturated carbocycles. The largest absolute Gasteiger partial charge is 0.367 e. The lowest BCUT2D eigenvalue weighted by atomic mass is 10.1. The van der Waals surface area contributed by atoms with Gasteiger partial charge in [0.1, 0.15) is 11.6 Å². The maximum Gasteiger partial charge on any atom is 0.266 e. The van der Waals surface area contributed by atoms with Crippen molar-refractivity contribution in [1.29, 1.82) is 0 Å². The summed E-state index contributed by atoms with van der Waals surface area (Å²) < 4.78 is 18.5. The van der Waals surface area contributed by atoms with Gasteiger partial charge in [-0.05, 0) is 29.8 Å². The molecule has 0 saturated heterocycles. The number of methoxy groups -OCH3 is 1. The van der Waals surface area contributed by atoms with Gasteiger partial charge >= 0.3 is 0 Å². The second kappa shape index (κ2) is 7.01. The summed E-state index contributed by atoms with van der Waals surface area (Å²) in [7, 11) is 1.43. The first-order chi connectivity index (χ1) is 11.7. The number of anilines is 2. The van der Waals surface area contributed by atoms with E-state index in [4.69, 9.17) is 4.74 Å². The van der Waals surface area contributed by atoms with Crippen LogP contribution in [-0.2, 0) is 9.53 Å². The van der Waals surface area contributed by atoms with Crippen molar-refractivity contribution in [2.45, 2.75) is 6.10 Å². The van der Waals surface area contributed by atoms with Gasteiger partial charge in [0.05, 0.1) is 11.9 Å². The van der Waals surface area contributed by atoms with Gasteiger partial charge in [-0.2, -0.15) is 5.10 Å². The maximum absolute atomic E-state index is 13.1. The van der Waals surface area contributed by atoms with Crippen LogP contribution in [0.1, 0.15) is 11.7 Å². The summed E-state index contributed by atoms with van der Waals surface area (Å²) in [5.41, 5.74) is 1.08. The number of hydrogen-bond acceptors (Lipinski definition) is 4. The SMILES string of the molecule is COC(C(=O)N(c1cn[nH]c1)c1ccccn1)c1ccc(F)cc1. The van der Waals surface area contributed by atoms with Crippen molar-refractivity contribution in [3.8, 4) is 0 Å². The molecule has 1 atom stereocenters. The predicted octanol–water partition coefficient (Wildman–Crippen LogP) is 3.00. The molecule has 3 aromatic rings. The van der Waals surface area contributed by atoms with Crippen molar-refractivity contribution in [3.05, 3.63) is 72.4 Å². The lowest BCUT2D eigenvalue weighted by Crippen LogP contribution is -2.32. The molecule has 0 radical (unpaired) electrons. The van der Waals surface area contributed by atoms with E-state index in [9.17, 15) is 9.18 Å². The smallest absolute Gasteiger partial charge is 0.266 e. The number of aromatic amines is 1. The van der Waals surface area contributed by atoms with Crippen molar-refractivity contribution < 1.29 is 13.9 Å². The van der Waals surface area contributed by atoms with E-state index in [0.717, 1.165) is 0 Å². The number of nitrogens with zero attached hydrogens (tertiary/aromatic N) is 3. The summed E-state index contributed by atoms with van der Waals surface area (Å²) in [5, 5.41) is 6.56. The summed E-state index contributed by atoms with van der Waals surface area (Å²) in [6.45, 7) is 0. The summed E-state index contributed by atoms with van der Waals surface area (Å²) in [4.78, 5) is 18.7. The molecule has 0 aliphatic rings. The molecule has 0 aliphatic heterocycles. The average molecular weight is 326 g/mol. The number of pyridine rings is 1. The molecule has 3 rings (SSSR count). The summed E-state index contributed by atoms with van der Waals surface area (Å²) in [6, 6.07) is 10.9. The van der Waals surface area contributed by atoms with E-state index in [-0.39, 0.29) is 11.7 Å². The maximum atomic E-state index is 13.1. The van der Waals surface area contributed by atoms with E-state index in [1.54, 1.807) is 30.6 Å². The number of carbonyl (C=O) groups is 1. The van der Waals surface area contributed by atoms with Gasteiger partial charge in [-0.3, -0.25) is 14.8 Å². The van der Waals surface area contributed by atoms with Gasteiger partial charge in [-0.1, -0.05) is 18.2 Å². The fourth-order valence-corrected chi connectivity index (χ4v) is 2.36. The molecule has 6 nitrogen and oxygen atoms in total. The van der Waals surface area contributed by atoms with E-state index in [1.807, 2.05) is 0 Å². The number of rotatable bonds is 5. The van der Waals surface area contributed by atoms with E-state index in [2.05, 4.69) is 15.2 Å². The predicted molar refractivity (Wildman–Crippen MR) is 86.1 cm³/mol. The highest BCUT2D eigenvalue weighted by Crippen LogP contribution is 2.28. The third-order valence-corrected chi connectivity index (χ3v) is 3.47. The number of benzene rings is 1. The van der Waals surface area contributed by atoms with Crippen molar-refractivity contribution >= 4 is 17.4 Å². The first kappa shape index (κ1) is 15.8. The molecule has 1 aromatic carbocycles. The molecule has 0 aliphatic carbocycles. The van der Waals surface area contributed by atoms with Crippen LogP contribution in [0, 0.1) is 5.82 Å². The summed E-state index contributed by atoms with van der Waals surface area (Å²) in [6.07, 6.45) is 3.80. The topological polar surface area (TPSA) is 71.1 Å². The first-order valence-corrected chi connectivity index (χ1v) is 7.22. The summed E-state index contributed by atoms with van der Waals surface area (Å²) in [5.74, 6) is -0.297. The molecule has 1 unspecified atom stereocenters. The standard InChI is InChI=1S/C17H15FN4O2/c1-24-16(12-5-7-13(18)8-6-12)17(23)22(14-10-20-21-11-14)15-4-2-3-9-19-15/h2-11,16H,1H3,(H,20,21). The minimum absolute atomic E-state index is 0.357. The molecule has 2 heterocycles. The monoisotopic (exact) mass is 326 g/mol. The zero-order valence-electron chi connectivity index (χ0n) is 12.9. The van der Waals surface area contributed by atoms with E-state index >= 15 is 0 Å². The Morgan fingerprint density at radius 3 is 2.62 bits per heavy atom. The van der Waals surface area contributed by atoms with E-state index in [1.165, 1.54) is 42.5 Å². The average Bonchev–Trinajstić information content (AvgIpc) is 3.12. The van der Waals surface area contributed by atoms with E-state index in [0.29, 0.717) is 17.1 Å². The highest BCUT2D eigenvalue weighted by Gasteiger charge is 2.29. The van der Waals surface area contributed by atoms with Crippen molar-refractivity contribution in [3.63, 3.8) is 0 Å². The number of H-pyrrole nitrogens is 1. The lowest BCUT2D eigenvalue weighted by molar-refractivity contribution is -0.127. The van der Waals surface area contributed by atoms with Gasteiger partial charge < -0.3 is 4.74 Å². The molecule has 24 heavy (non-hydrogen) atoms. The fourth-order valence-electron chi connectivity index (χ4n) is 2.36. The van der Waals surface area contributed by atoms with Crippen molar-refractivity contribution in [2.24, 2.45) is 0 Å². The van der Waals surface area contributed by atoms with Gasteiger partial charge in [0.25, 0.3) is 5.91 Å². The number of ether oxygens (including phenoxy) is 1. The van der Waals surface area contributed by atoms with Crippen LogP contribution in [-0.4, -0.2) is 28.2 Å². The zero-order chi connectivity index (χ0) is 16.9. The molecular weight excluding hydrogens is 311 g/mol. The number of amides is 1. The molecular formula is C17H15FN4O2. The third kappa shape index (κ3) is 3.16. The van der Waals surface area contributed by atoms with Crippen LogP contribution in [0.15, 0.2) is 61.1 Å². The van der Waals surface area contributed by atoms with E-state index < -0.39 is 6.10 Å². The van der Waals surface area contributed by atoms with Crippen LogP contribution < -0.4 is 4.90 Å². The number of aromatic nitrogens is 3. The fraction of sp³-hybridized carbons (Fsp3) is 0.118. The zero-order valence-corrected chi connectivity index (χ0v) is 12.9. The Morgan fingerprint density at radius 2 is 2.04 bits per heavy atom. The Hall–Kier alpha value is -3.06. The van der Waals surface area contributed by atoms with Gasteiger partial charge in [0.15, 0.2) is 6.10 Å². The molecule has 1 N–H and O–H groups in total. The van der Waals surface area contributed by atoms with Crippen molar-refractivity contribution in [1.82, 2.24) is 15.2 Å². The van der Waals surface area contributed by atoms with Gasteiger partial charge in [0.2, 0.25) is 0 Å². The number of carbonyl (C=O) groups excluding carboxylic acids is 1. The van der Waals surface area contributed by atoms with Crippen LogP contribution in [0.4, 0.5) is 15.9 Å². The molecule has 7 heteroatoms. The quantitative estimate of drug-likeness (QED) is 0.782. The second-order valence-corrected chi connectivity index (χ2v) is 4.99. The molecule has 0 spiro atoms. The molecule has 1 amide bonds. The minimum Gasteiger partial charge on any atom is -0.367 e. The molecule has 2 aromatic heterocycles. The highest BCUT2D eigenvalue weighted by atomic mass is 19.1. The minimum atomic E-state index is -0.900. The number of hydrogen-bond donors (Lipinski definition) is 1. The lowest BCUT2D eigenvalue weighted by Gasteiger charge is -2.25. The highest BCUT2D eigenvalue weighted by molar-refractivity contribution is 6.02. The van der Waals surface area contributed by atoms with Crippen LogP contribution in [0.5, 0.6) is 0 Å². The van der Waals surface area contributed by atoms with Crippen LogP contribution >= 0.6 is 0 Å². The Labute approximate surface area is 137 Å². The Morgan fingerprint density at radius 1 is 1.25 bits per heavy atom. The number of nitrogens with one attached hydrogen (secondary N) is 1. The third-order valence-electron chi connectivity index (χ3n) is 3.47. The van der Waals surface area contributed by atoms with Crippen molar-refractivity contribution in [2.75, 3.05) is 12.0 Å². The second-order valence-electron chi connectivity index (χ2n) is 4.99. The first-order valence-electron chi connectivity index (χ1n) is 7.22. The normalized spacial score (nSPS) is 11.9. The van der Waals surface area contributed by atoms with Crippen LogP contribution in [0.3, 0.4) is 0 Å². The molecule has 122 valence electrons. The Bertz CT molecular complexity index is 791. The Balaban J connectivity index is 2.00. The van der Waals surface area contributed by atoms with Gasteiger partial charge in [-0.25, -0.2) is 9.37 Å². The molecule has 0 bridgehead atoms. The van der Waals surface area contributed by atoms with Gasteiger partial charge in [-0.15, -0.1) is 0 Å². The number of halogens is 1. The molecule has 0 fully saturated rings. The Kier molecular flexibility index (Phi) is 4.62. The van der Waals surface area contributed by atoms with Crippen LogP contribution in [0.2, 0.25) is 0 Å². The van der Waals surface area contributed by atoms with Gasteiger partial charge in [0, 0.05) is 19.5 Å². The van der Waals surface area contributed by atoms with Crippen LogP contribution in [0.25, 0.3) is 0 Å².